The predicted octanol–water partition coefficient (Wildman–Crippen LogP) is 1.30. The van der Waals surface area contributed by atoms with E-state index in [-0.39, 0.29) is 11.9 Å². The third-order valence-electron chi connectivity index (χ3n) is 3.91. The maximum atomic E-state index is 12.1. The Bertz CT molecular complexity index is 249. The minimum atomic E-state index is 0.212. The van der Waals surface area contributed by atoms with E-state index in [9.17, 15) is 4.79 Å². The predicted molar refractivity (Wildman–Crippen MR) is 75.4 cm³/mol. The highest BCUT2D eigenvalue weighted by molar-refractivity contribution is 5.76. The van der Waals surface area contributed by atoms with Gasteiger partial charge in [-0.05, 0) is 39.2 Å². The number of carbonyl (C=O) groups excluding carboxylic acids is 1. The van der Waals surface area contributed by atoms with Crippen LogP contribution < -0.4 is 5.73 Å². The normalized spacial score (nSPS) is 16.9. The summed E-state index contributed by atoms with van der Waals surface area (Å²) in [4.78, 5) is 16.4. The molecule has 4 heteroatoms. The van der Waals surface area contributed by atoms with Gasteiger partial charge in [0.1, 0.15) is 0 Å². The number of rotatable bonds is 9. The first-order chi connectivity index (χ1) is 8.65. The summed E-state index contributed by atoms with van der Waals surface area (Å²) in [6, 6.07) is 0.212. The second-order valence-corrected chi connectivity index (χ2v) is 5.19. The summed E-state index contributed by atoms with van der Waals surface area (Å²) >= 11 is 0. The first-order valence-corrected chi connectivity index (χ1v) is 7.38. The summed E-state index contributed by atoms with van der Waals surface area (Å²) in [5.41, 5.74) is 5.86. The second-order valence-electron chi connectivity index (χ2n) is 5.19. The molecule has 1 unspecified atom stereocenters. The maximum absolute atomic E-state index is 12.1. The Morgan fingerprint density at radius 2 is 1.83 bits per heavy atom. The second kappa shape index (κ2) is 7.74. The fourth-order valence-electron chi connectivity index (χ4n) is 2.44. The van der Waals surface area contributed by atoms with Gasteiger partial charge in [-0.1, -0.05) is 6.92 Å². The molecule has 1 amide bonds. The van der Waals surface area contributed by atoms with Crippen molar-refractivity contribution in [2.24, 2.45) is 11.7 Å². The smallest absolute Gasteiger partial charge is 0.224 e. The fourth-order valence-corrected chi connectivity index (χ4v) is 2.44. The van der Waals surface area contributed by atoms with E-state index in [1.807, 2.05) is 18.7 Å². The van der Waals surface area contributed by atoms with Crippen LogP contribution in [0.25, 0.3) is 0 Å². The van der Waals surface area contributed by atoms with E-state index in [0.717, 1.165) is 32.1 Å². The zero-order valence-electron chi connectivity index (χ0n) is 12.2. The number of hydrogen-bond donors (Lipinski definition) is 1. The third-order valence-corrected chi connectivity index (χ3v) is 3.91. The molecule has 18 heavy (non-hydrogen) atoms. The minimum Gasteiger partial charge on any atom is -0.343 e. The van der Waals surface area contributed by atoms with Crippen molar-refractivity contribution in [2.75, 3.05) is 32.7 Å². The first kappa shape index (κ1) is 15.4. The number of hydrogen-bond acceptors (Lipinski definition) is 3. The topological polar surface area (TPSA) is 49.6 Å². The number of likely N-dealkylation sites (N-methyl/N-ethyl adjacent to an activating group) is 1. The third kappa shape index (κ3) is 4.58. The number of amides is 1. The van der Waals surface area contributed by atoms with Crippen molar-refractivity contribution in [3.8, 4) is 0 Å². The van der Waals surface area contributed by atoms with Crippen molar-refractivity contribution in [3.05, 3.63) is 0 Å². The van der Waals surface area contributed by atoms with E-state index in [1.165, 1.54) is 12.8 Å². The monoisotopic (exact) mass is 255 g/mol. The lowest BCUT2D eigenvalue weighted by atomic mass is 10.1. The van der Waals surface area contributed by atoms with Crippen molar-refractivity contribution in [1.29, 1.82) is 0 Å². The zero-order valence-corrected chi connectivity index (χ0v) is 12.2. The van der Waals surface area contributed by atoms with E-state index in [4.69, 9.17) is 5.73 Å². The van der Waals surface area contributed by atoms with Gasteiger partial charge in [0.2, 0.25) is 5.91 Å². The van der Waals surface area contributed by atoms with Crippen LogP contribution in [-0.4, -0.2) is 54.5 Å². The average molecular weight is 255 g/mol. The van der Waals surface area contributed by atoms with Crippen LogP contribution in [0.2, 0.25) is 0 Å². The molecule has 0 aromatic rings. The zero-order chi connectivity index (χ0) is 13.5. The molecular formula is C14H29N3O. The van der Waals surface area contributed by atoms with Gasteiger partial charge in [-0.3, -0.25) is 9.69 Å². The van der Waals surface area contributed by atoms with Crippen LogP contribution in [0, 0.1) is 5.92 Å². The van der Waals surface area contributed by atoms with Crippen LogP contribution in [0.1, 0.15) is 40.0 Å². The Balaban J connectivity index is 2.49. The van der Waals surface area contributed by atoms with Gasteiger partial charge in [-0.2, -0.15) is 0 Å². The van der Waals surface area contributed by atoms with E-state index < -0.39 is 0 Å². The van der Waals surface area contributed by atoms with E-state index >= 15 is 0 Å². The van der Waals surface area contributed by atoms with Crippen LogP contribution >= 0.6 is 0 Å². The summed E-state index contributed by atoms with van der Waals surface area (Å²) in [6.07, 6.45) is 3.26. The summed E-state index contributed by atoms with van der Waals surface area (Å²) in [5.74, 6) is 1.09. The Hall–Kier alpha value is -0.610. The van der Waals surface area contributed by atoms with Crippen molar-refractivity contribution < 1.29 is 4.79 Å². The maximum Gasteiger partial charge on any atom is 0.224 e. The standard InChI is InChI=1S/C14H29N3O/c1-4-16(5-2)14(18)9-13(10-15)17(6-3)11-12-7-8-12/h12-13H,4-11,15H2,1-3H3. The van der Waals surface area contributed by atoms with Crippen molar-refractivity contribution >= 4 is 5.91 Å². The molecule has 1 aliphatic rings. The summed E-state index contributed by atoms with van der Waals surface area (Å²) < 4.78 is 0. The lowest BCUT2D eigenvalue weighted by Crippen LogP contribution is -2.45. The molecule has 1 saturated carbocycles. The van der Waals surface area contributed by atoms with Gasteiger partial charge in [0, 0.05) is 38.6 Å². The number of carbonyl (C=O) groups is 1. The molecule has 4 nitrogen and oxygen atoms in total. The summed E-state index contributed by atoms with van der Waals surface area (Å²) in [7, 11) is 0. The van der Waals surface area contributed by atoms with Gasteiger partial charge >= 0.3 is 0 Å². The average Bonchev–Trinajstić information content (AvgIpc) is 3.18. The van der Waals surface area contributed by atoms with Crippen LogP contribution in [0.15, 0.2) is 0 Å². The molecule has 0 aromatic heterocycles. The highest BCUT2D eigenvalue weighted by Crippen LogP contribution is 2.30. The molecule has 0 bridgehead atoms. The van der Waals surface area contributed by atoms with Gasteiger partial charge < -0.3 is 10.6 Å². The molecule has 106 valence electrons. The Morgan fingerprint density at radius 3 is 2.22 bits per heavy atom. The molecule has 1 atom stereocenters. The van der Waals surface area contributed by atoms with Crippen LogP contribution in [-0.2, 0) is 4.79 Å². The number of nitrogens with two attached hydrogens (primary N) is 1. The quantitative estimate of drug-likeness (QED) is 0.676. The molecule has 0 aliphatic heterocycles. The highest BCUT2D eigenvalue weighted by atomic mass is 16.2. The van der Waals surface area contributed by atoms with Crippen LogP contribution in [0.5, 0.6) is 0 Å². The van der Waals surface area contributed by atoms with E-state index in [1.54, 1.807) is 0 Å². The van der Waals surface area contributed by atoms with Gasteiger partial charge in [-0.25, -0.2) is 0 Å². The van der Waals surface area contributed by atoms with E-state index in [2.05, 4.69) is 11.8 Å². The molecule has 1 rings (SSSR count). The largest absolute Gasteiger partial charge is 0.343 e. The lowest BCUT2D eigenvalue weighted by Gasteiger charge is -2.31. The molecule has 0 saturated heterocycles. The molecule has 0 spiro atoms. The fraction of sp³-hybridized carbons (Fsp3) is 0.929. The van der Waals surface area contributed by atoms with E-state index in [0.29, 0.717) is 13.0 Å². The van der Waals surface area contributed by atoms with Gasteiger partial charge in [0.05, 0.1) is 0 Å². The molecule has 0 aromatic carbocycles. The molecule has 1 aliphatic carbocycles. The first-order valence-electron chi connectivity index (χ1n) is 7.38. The molecule has 0 heterocycles. The van der Waals surface area contributed by atoms with Crippen LogP contribution in [0.3, 0.4) is 0 Å². The van der Waals surface area contributed by atoms with Gasteiger partial charge in [-0.15, -0.1) is 0 Å². The van der Waals surface area contributed by atoms with Gasteiger partial charge in [0.15, 0.2) is 0 Å². The Kier molecular flexibility index (Phi) is 6.65. The van der Waals surface area contributed by atoms with Crippen molar-refractivity contribution in [3.63, 3.8) is 0 Å². The van der Waals surface area contributed by atoms with Crippen LogP contribution in [0.4, 0.5) is 0 Å². The summed E-state index contributed by atoms with van der Waals surface area (Å²) in [6.45, 7) is 10.5. The molecular weight excluding hydrogens is 226 g/mol. The molecule has 1 fully saturated rings. The molecule has 0 radical (unpaired) electrons. The summed E-state index contributed by atoms with van der Waals surface area (Å²) in [5, 5.41) is 0. The Morgan fingerprint density at radius 1 is 1.22 bits per heavy atom. The number of nitrogens with zero attached hydrogens (tertiary/aromatic N) is 2. The minimum absolute atomic E-state index is 0.212. The SMILES string of the molecule is CCN(CC)C(=O)CC(CN)N(CC)CC1CC1. The highest BCUT2D eigenvalue weighted by Gasteiger charge is 2.28. The molecule has 2 N–H and O–H groups in total. The van der Waals surface area contributed by atoms with Crippen molar-refractivity contribution in [1.82, 2.24) is 9.80 Å². The lowest BCUT2D eigenvalue weighted by molar-refractivity contribution is -0.132. The Labute approximate surface area is 111 Å². The van der Waals surface area contributed by atoms with Gasteiger partial charge in [0.25, 0.3) is 0 Å². The van der Waals surface area contributed by atoms with Crippen molar-refractivity contribution in [2.45, 2.75) is 46.1 Å².